The number of likely N-dealkylation sites (tertiary alicyclic amines) is 1. The van der Waals surface area contributed by atoms with Crippen molar-refractivity contribution in [2.45, 2.75) is 58.5 Å². The van der Waals surface area contributed by atoms with Gasteiger partial charge in [0.1, 0.15) is 0 Å². The lowest BCUT2D eigenvalue weighted by molar-refractivity contribution is -0.141. The minimum absolute atomic E-state index is 0.0613. The molecule has 0 aromatic carbocycles. The van der Waals surface area contributed by atoms with E-state index in [-0.39, 0.29) is 23.8 Å². The zero-order chi connectivity index (χ0) is 16.4. The Labute approximate surface area is 137 Å². The van der Waals surface area contributed by atoms with Crippen molar-refractivity contribution in [2.24, 2.45) is 5.92 Å². The Balaban J connectivity index is 1.69. The molecule has 0 saturated carbocycles. The van der Waals surface area contributed by atoms with Gasteiger partial charge in [-0.05, 0) is 45.6 Å². The van der Waals surface area contributed by atoms with Crippen LogP contribution in [-0.2, 0) is 16.1 Å². The monoisotopic (exact) mass is 318 g/mol. The molecule has 2 unspecified atom stereocenters. The van der Waals surface area contributed by atoms with Crippen LogP contribution in [0, 0.1) is 19.8 Å². The normalized spacial score (nSPS) is 25.3. The Morgan fingerprint density at radius 3 is 2.83 bits per heavy atom. The van der Waals surface area contributed by atoms with E-state index in [1.165, 1.54) is 0 Å². The van der Waals surface area contributed by atoms with Crippen molar-refractivity contribution in [1.29, 1.82) is 0 Å². The molecule has 6 nitrogen and oxygen atoms in total. The largest absolute Gasteiger partial charge is 0.355 e. The Bertz CT molecular complexity index is 585. The van der Waals surface area contributed by atoms with Crippen LogP contribution in [0.5, 0.6) is 0 Å². The van der Waals surface area contributed by atoms with Crippen LogP contribution in [0.1, 0.15) is 43.5 Å². The summed E-state index contributed by atoms with van der Waals surface area (Å²) >= 11 is 0. The van der Waals surface area contributed by atoms with Crippen LogP contribution in [0.4, 0.5) is 0 Å². The van der Waals surface area contributed by atoms with E-state index in [2.05, 4.69) is 23.4 Å². The highest BCUT2D eigenvalue weighted by molar-refractivity contribution is 5.84. The first-order chi connectivity index (χ1) is 11.0. The molecule has 0 bridgehead atoms. The fourth-order valence-electron chi connectivity index (χ4n) is 3.72. The van der Waals surface area contributed by atoms with Crippen molar-refractivity contribution >= 4 is 11.8 Å². The van der Waals surface area contributed by atoms with E-state index in [9.17, 15) is 9.59 Å². The van der Waals surface area contributed by atoms with Crippen LogP contribution in [0.2, 0.25) is 0 Å². The molecule has 1 aromatic heterocycles. The van der Waals surface area contributed by atoms with Crippen molar-refractivity contribution in [1.82, 2.24) is 20.0 Å². The molecule has 6 heteroatoms. The number of nitrogens with zero attached hydrogens (tertiary/aromatic N) is 3. The number of carbonyl (C=O) groups excluding carboxylic acids is 2. The average Bonchev–Trinajstić information content (AvgIpc) is 2.85. The maximum Gasteiger partial charge on any atom is 0.227 e. The molecule has 2 saturated heterocycles. The number of hydrogen-bond donors (Lipinski definition) is 1. The number of amides is 2. The molecule has 1 aromatic rings. The first-order valence-electron chi connectivity index (χ1n) is 8.63. The van der Waals surface area contributed by atoms with Gasteiger partial charge in [0.25, 0.3) is 0 Å². The van der Waals surface area contributed by atoms with E-state index in [1.807, 2.05) is 16.5 Å². The molecule has 2 amide bonds. The summed E-state index contributed by atoms with van der Waals surface area (Å²) in [6.07, 6.45) is 4.40. The number of piperidine rings is 2. The van der Waals surface area contributed by atoms with Gasteiger partial charge < -0.3 is 10.2 Å². The van der Waals surface area contributed by atoms with Crippen LogP contribution in [0.15, 0.2) is 6.07 Å². The number of rotatable bonds is 3. The molecule has 2 aliphatic rings. The maximum atomic E-state index is 12.9. The van der Waals surface area contributed by atoms with Gasteiger partial charge in [-0.2, -0.15) is 5.10 Å². The molecule has 0 spiro atoms. The summed E-state index contributed by atoms with van der Waals surface area (Å²) in [4.78, 5) is 26.2. The van der Waals surface area contributed by atoms with Gasteiger partial charge in [-0.15, -0.1) is 0 Å². The van der Waals surface area contributed by atoms with E-state index in [0.717, 1.165) is 43.7 Å². The molecule has 2 fully saturated rings. The van der Waals surface area contributed by atoms with Gasteiger partial charge in [-0.3, -0.25) is 14.3 Å². The molecule has 23 heavy (non-hydrogen) atoms. The molecule has 0 aliphatic carbocycles. The minimum Gasteiger partial charge on any atom is -0.355 e. The van der Waals surface area contributed by atoms with Gasteiger partial charge in [0.15, 0.2) is 0 Å². The zero-order valence-electron chi connectivity index (χ0n) is 14.0. The lowest BCUT2D eigenvalue weighted by Crippen LogP contribution is -2.51. The van der Waals surface area contributed by atoms with E-state index in [1.54, 1.807) is 0 Å². The molecule has 3 rings (SSSR count). The van der Waals surface area contributed by atoms with Crippen LogP contribution in [-0.4, -0.2) is 45.6 Å². The summed E-state index contributed by atoms with van der Waals surface area (Å²) in [5.74, 6) is 0.205. The Hall–Kier alpha value is -1.85. The summed E-state index contributed by atoms with van der Waals surface area (Å²) in [6, 6.07) is 2.29. The predicted octanol–water partition coefficient (Wildman–Crippen LogP) is 1.41. The third kappa shape index (κ3) is 3.57. The number of hydrogen-bond acceptors (Lipinski definition) is 3. The van der Waals surface area contributed by atoms with Crippen molar-refractivity contribution in [3.8, 4) is 0 Å². The standard InChI is InChI=1S/C17H26N4O2/c1-12-9-13(2)21(19-12)11-15-5-3-4-8-20(15)17(23)14-6-7-16(22)18-10-14/h9,14-15H,3-8,10-11H2,1-2H3,(H,18,22). The van der Waals surface area contributed by atoms with E-state index in [4.69, 9.17) is 0 Å². The number of aryl methyl sites for hydroxylation is 2. The van der Waals surface area contributed by atoms with Crippen LogP contribution in [0.25, 0.3) is 0 Å². The van der Waals surface area contributed by atoms with Crippen molar-refractivity contribution in [2.75, 3.05) is 13.1 Å². The van der Waals surface area contributed by atoms with Crippen LogP contribution in [0.3, 0.4) is 0 Å². The SMILES string of the molecule is Cc1cc(C)n(CC2CCCCN2C(=O)C2CCC(=O)NC2)n1. The first-order valence-corrected chi connectivity index (χ1v) is 8.63. The van der Waals surface area contributed by atoms with Crippen LogP contribution >= 0.6 is 0 Å². The number of aromatic nitrogens is 2. The topological polar surface area (TPSA) is 67.2 Å². The quantitative estimate of drug-likeness (QED) is 0.916. The number of carbonyl (C=O) groups is 2. The second-order valence-electron chi connectivity index (χ2n) is 6.83. The second-order valence-corrected chi connectivity index (χ2v) is 6.83. The van der Waals surface area contributed by atoms with Crippen LogP contribution < -0.4 is 5.32 Å². The third-order valence-electron chi connectivity index (χ3n) is 5.01. The van der Waals surface area contributed by atoms with Gasteiger partial charge in [-0.25, -0.2) is 0 Å². The van der Waals surface area contributed by atoms with Gasteiger partial charge in [0.05, 0.1) is 24.2 Å². The minimum atomic E-state index is -0.0613. The second kappa shape index (κ2) is 6.72. The average molecular weight is 318 g/mol. The van der Waals surface area contributed by atoms with Gasteiger partial charge in [0.2, 0.25) is 11.8 Å². The molecular formula is C17H26N4O2. The third-order valence-corrected chi connectivity index (χ3v) is 5.01. The Morgan fingerprint density at radius 1 is 1.35 bits per heavy atom. The zero-order valence-corrected chi connectivity index (χ0v) is 14.0. The first kappa shape index (κ1) is 16.0. The van der Waals surface area contributed by atoms with Crippen molar-refractivity contribution in [3.63, 3.8) is 0 Å². The van der Waals surface area contributed by atoms with E-state index >= 15 is 0 Å². The summed E-state index contributed by atoms with van der Waals surface area (Å²) in [5.41, 5.74) is 2.16. The highest BCUT2D eigenvalue weighted by Gasteiger charge is 2.33. The smallest absolute Gasteiger partial charge is 0.227 e. The molecule has 3 heterocycles. The maximum absolute atomic E-state index is 12.9. The van der Waals surface area contributed by atoms with Crippen molar-refractivity contribution in [3.05, 3.63) is 17.5 Å². The molecule has 2 aliphatic heterocycles. The van der Waals surface area contributed by atoms with Crippen molar-refractivity contribution < 1.29 is 9.59 Å². The lowest BCUT2D eigenvalue weighted by atomic mass is 9.94. The summed E-state index contributed by atoms with van der Waals surface area (Å²) in [6.45, 7) is 6.14. The highest BCUT2D eigenvalue weighted by atomic mass is 16.2. The lowest BCUT2D eigenvalue weighted by Gasteiger charge is -2.38. The fraction of sp³-hybridized carbons (Fsp3) is 0.706. The summed E-state index contributed by atoms with van der Waals surface area (Å²) < 4.78 is 2.02. The molecule has 2 atom stereocenters. The highest BCUT2D eigenvalue weighted by Crippen LogP contribution is 2.23. The Kier molecular flexibility index (Phi) is 4.68. The molecule has 0 radical (unpaired) electrons. The number of nitrogens with one attached hydrogen (secondary N) is 1. The van der Waals surface area contributed by atoms with Gasteiger partial charge >= 0.3 is 0 Å². The van der Waals surface area contributed by atoms with Gasteiger partial charge in [-0.1, -0.05) is 0 Å². The molecule has 126 valence electrons. The molecular weight excluding hydrogens is 292 g/mol. The summed E-state index contributed by atoms with van der Waals surface area (Å²) in [5, 5.41) is 7.37. The van der Waals surface area contributed by atoms with E-state index in [0.29, 0.717) is 19.4 Å². The molecule has 1 N–H and O–H groups in total. The van der Waals surface area contributed by atoms with E-state index < -0.39 is 0 Å². The van der Waals surface area contributed by atoms with Gasteiger partial charge in [0, 0.05) is 25.2 Å². The predicted molar refractivity (Wildman–Crippen MR) is 86.8 cm³/mol. The summed E-state index contributed by atoms with van der Waals surface area (Å²) in [7, 11) is 0. The Morgan fingerprint density at radius 2 is 2.17 bits per heavy atom. The fourth-order valence-corrected chi connectivity index (χ4v) is 3.72.